The first-order chi connectivity index (χ1) is 16.1. The molecule has 0 saturated heterocycles. The molecule has 1 heterocycles. The molecular formula is C30H40N2O2. The molecule has 0 amide bonds. The highest BCUT2D eigenvalue weighted by Crippen LogP contribution is 2.30. The summed E-state index contributed by atoms with van der Waals surface area (Å²) in [5, 5.41) is 0. The van der Waals surface area contributed by atoms with Gasteiger partial charge in [0.05, 0.1) is 0 Å². The topological polar surface area (TPSA) is 59.4 Å². The van der Waals surface area contributed by atoms with Crippen LogP contribution in [0.5, 0.6) is 0 Å². The first-order valence-corrected chi connectivity index (χ1v) is 12.0. The van der Waals surface area contributed by atoms with Crippen molar-refractivity contribution in [1.82, 2.24) is 4.98 Å². The molecule has 1 aromatic carbocycles. The third-order valence-corrected chi connectivity index (χ3v) is 6.10. The van der Waals surface area contributed by atoms with Crippen LogP contribution in [-0.2, 0) is 5.41 Å². The second-order valence-electron chi connectivity index (χ2n) is 8.97. The Morgan fingerprint density at radius 2 is 1.85 bits per heavy atom. The number of rotatable bonds is 6. The molecule has 4 nitrogen and oxygen atoms in total. The van der Waals surface area contributed by atoms with E-state index in [1.54, 1.807) is 31.6 Å². The van der Waals surface area contributed by atoms with Crippen LogP contribution in [0.25, 0.3) is 0 Å². The van der Waals surface area contributed by atoms with Crippen molar-refractivity contribution in [3.63, 3.8) is 0 Å². The zero-order valence-electron chi connectivity index (χ0n) is 21.9. The highest BCUT2D eigenvalue weighted by molar-refractivity contribution is 5.92. The Balaban J connectivity index is 0.000000277. The Morgan fingerprint density at radius 3 is 2.32 bits per heavy atom. The van der Waals surface area contributed by atoms with Crippen molar-refractivity contribution in [1.29, 1.82) is 0 Å². The maximum atomic E-state index is 11.6. The number of nitrogens with zero attached hydrogens (tertiary/aromatic N) is 2. The van der Waals surface area contributed by atoms with Crippen molar-refractivity contribution in [2.24, 2.45) is 10.9 Å². The lowest BCUT2D eigenvalue weighted by molar-refractivity contribution is 0.619. The average molecular weight is 461 g/mol. The minimum Gasteiger partial charge on any atom is -0.285 e. The van der Waals surface area contributed by atoms with Gasteiger partial charge in [-0.3, -0.25) is 19.6 Å². The summed E-state index contributed by atoms with van der Waals surface area (Å²) in [6.45, 7) is 17.5. The highest BCUT2D eigenvalue weighted by Gasteiger charge is 2.32. The largest absolute Gasteiger partial charge is 0.285 e. The van der Waals surface area contributed by atoms with Gasteiger partial charge in [0.15, 0.2) is 0 Å². The van der Waals surface area contributed by atoms with E-state index in [0.717, 1.165) is 17.2 Å². The van der Waals surface area contributed by atoms with Crippen LogP contribution >= 0.6 is 0 Å². The van der Waals surface area contributed by atoms with Crippen molar-refractivity contribution >= 4 is 5.71 Å². The molecule has 1 aromatic heterocycles. The summed E-state index contributed by atoms with van der Waals surface area (Å²) in [5.74, 6) is 0.761. The minimum absolute atomic E-state index is 0.348. The summed E-state index contributed by atoms with van der Waals surface area (Å²) in [6, 6.07) is 3.74. The minimum atomic E-state index is -0.419. The summed E-state index contributed by atoms with van der Waals surface area (Å²) >= 11 is 0. The number of pyridine rings is 1. The maximum absolute atomic E-state index is 11.6. The molecular weight excluding hydrogens is 420 g/mol. The Kier molecular flexibility index (Phi) is 12.1. The summed E-state index contributed by atoms with van der Waals surface area (Å²) in [7, 11) is 0. The van der Waals surface area contributed by atoms with Crippen LogP contribution in [0.1, 0.15) is 77.5 Å². The first-order valence-electron chi connectivity index (χ1n) is 12.0. The molecule has 0 unspecified atom stereocenters. The van der Waals surface area contributed by atoms with Crippen molar-refractivity contribution < 1.29 is 0 Å². The quantitative estimate of drug-likeness (QED) is 0.352. The molecule has 2 aromatic rings. The normalized spacial score (nSPS) is 14.6. The van der Waals surface area contributed by atoms with Crippen LogP contribution in [0.4, 0.5) is 0 Å². The van der Waals surface area contributed by atoms with Crippen molar-refractivity contribution in [2.45, 2.75) is 73.1 Å². The van der Waals surface area contributed by atoms with E-state index in [4.69, 9.17) is 0 Å². The standard InChI is InChI=1S/C13H13NO2.C10H16.C7H11N/c1-8-10(12(16)11(8)15)13(2,3)9-4-6-14-7-5-9;1-3-9(2)10-7-5-4-6-8-10;1-4-6-8-7(3)5-2/h4-7H,1-3H3;5,7-9H,3-4,6H2,1-2H3;4-6H,2H2,1,3H3/b;;6-4-,8-7?/t;9-;/m.0./s1. The van der Waals surface area contributed by atoms with E-state index in [9.17, 15) is 9.59 Å². The first kappa shape index (κ1) is 28.9. The van der Waals surface area contributed by atoms with Crippen LogP contribution in [-0.4, -0.2) is 10.7 Å². The van der Waals surface area contributed by atoms with Crippen molar-refractivity contribution in [3.05, 3.63) is 110 Å². The number of hydrogen-bond donors (Lipinski definition) is 0. The number of hydrogen-bond acceptors (Lipinski definition) is 4. The van der Waals surface area contributed by atoms with Gasteiger partial charge in [-0.25, -0.2) is 0 Å². The van der Waals surface area contributed by atoms with Crippen LogP contribution < -0.4 is 10.9 Å². The molecule has 1 aliphatic carbocycles. The monoisotopic (exact) mass is 460 g/mol. The number of allylic oxidation sites excluding steroid dienone is 6. The van der Waals surface area contributed by atoms with Crippen LogP contribution in [0.3, 0.4) is 0 Å². The molecule has 1 atom stereocenters. The maximum Gasteiger partial charge on any atom is 0.230 e. The molecule has 182 valence electrons. The van der Waals surface area contributed by atoms with Crippen LogP contribution in [0.2, 0.25) is 0 Å². The van der Waals surface area contributed by atoms with Crippen LogP contribution in [0, 0.1) is 12.8 Å². The molecule has 34 heavy (non-hydrogen) atoms. The van der Waals surface area contributed by atoms with Crippen LogP contribution in [0.15, 0.2) is 87.8 Å². The summed E-state index contributed by atoms with van der Waals surface area (Å²) in [4.78, 5) is 30.7. The predicted molar refractivity (Wildman–Crippen MR) is 146 cm³/mol. The molecule has 0 N–H and O–H groups in total. The fourth-order valence-electron chi connectivity index (χ4n) is 3.65. The van der Waals surface area contributed by atoms with E-state index in [0.29, 0.717) is 11.1 Å². The fourth-order valence-corrected chi connectivity index (χ4v) is 3.65. The van der Waals surface area contributed by atoms with Gasteiger partial charge in [-0.15, -0.1) is 0 Å². The third kappa shape index (κ3) is 8.02. The van der Waals surface area contributed by atoms with E-state index < -0.39 is 5.41 Å². The van der Waals surface area contributed by atoms with Gasteiger partial charge in [0.1, 0.15) is 0 Å². The number of aliphatic imine (C=N–C) groups is 1. The van der Waals surface area contributed by atoms with Crippen molar-refractivity contribution in [2.75, 3.05) is 0 Å². The SMILES string of the molecule is C=CC(C)=N/C=C\C.CC[C@H](C)C1=CCCC=C1.Cc1c(C(C)(C)c2ccncc2)c(=O)c1=O. The zero-order valence-corrected chi connectivity index (χ0v) is 21.9. The lowest BCUT2D eigenvalue weighted by Crippen LogP contribution is -2.44. The van der Waals surface area contributed by atoms with Gasteiger partial charge in [-0.05, 0) is 75.3 Å². The van der Waals surface area contributed by atoms with E-state index in [1.165, 1.54) is 24.8 Å². The molecule has 0 bridgehead atoms. The third-order valence-electron chi connectivity index (χ3n) is 6.10. The highest BCUT2D eigenvalue weighted by atomic mass is 16.2. The summed E-state index contributed by atoms with van der Waals surface area (Å²) in [5.41, 5.74) is 3.58. The van der Waals surface area contributed by atoms with Gasteiger partial charge < -0.3 is 0 Å². The smallest absolute Gasteiger partial charge is 0.230 e. The lowest BCUT2D eigenvalue weighted by atomic mass is 9.74. The second kappa shape index (κ2) is 14.2. The van der Waals surface area contributed by atoms with Gasteiger partial charge in [-0.1, -0.05) is 58.6 Å². The van der Waals surface area contributed by atoms with E-state index in [-0.39, 0.29) is 10.9 Å². The van der Waals surface area contributed by atoms with Gasteiger partial charge in [-0.2, -0.15) is 0 Å². The number of aromatic nitrogens is 1. The second-order valence-corrected chi connectivity index (χ2v) is 8.97. The average Bonchev–Trinajstić information content (AvgIpc) is 2.88. The Hall–Kier alpha value is -3.14. The lowest BCUT2D eigenvalue weighted by Gasteiger charge is -2.27. The van der Waals surface area contributed by atoms with E-state index >= 15 is 0 Å². The molecule has 0 saturated carbocycles. The zero-order chi connectivity index (χ0) is 25.7. The molecule has 0 fully saturated rings. The Morgan fingerprint density at radius 1 is 1.21 bits per heavy atom. The predicted octanol–water partition coefficient (Wildman–Crippen LogP) is 6.79. The van der Waals surface area contributed by atoms with E-state index in [2.05, 4.69) is 48.6 Å². The van der Waals surface area contributed by atoms with Gasteiger partial charge >= 0.3 is 0 Å². The Bertz CT molecular complexity index is 1110. The van der Waals surface area contributed by atoms with E-state index in [1.807, 2.05) is 45.9 Å². The van der Waals surface area contributed by atoms with Gasteiger partial charge in [0.25, 0.3) is 0 Å². The Labute approximate surface area is 205 Å². The fraction of sp³-hybridized carbons (Fsp3) is 0.400. The molecule has 3 rings (SSSR count). The molecule has 0 spiro atoms. The van der Waals surface area contributed by atoms with Gasteiger partial charge in [0.2, 0.25) is 10.9 Å². The molecule has 1 aliphatic rings. The van der Waals surface area contributed by atoms with Crippen molar-refractivity contribution in [3.8, 4) is 0 Å². The molecule has 0 aliphatic heterocycles. The summed E-state index contributed by atoms with van der Waals surface area (Å²) in [6.07, 6.45) is 19.4. The molecule has 4 heteroatoms. The summed E-state index contributed by atoms with van der Waals surface area (Å²) < 4.78 is 0. The molecule has 0 radical (unpaired) electrons. The van der Waals surface area contributed by atoms with Gasteiger partial charge in [0, 0.05) is 40.8 Å².